The summed E-state index contributed by atoms with van der Waals surface area (Å²) in [6.07, 6.45) is 3.74. The number of carbonyl (C=O) groups is 1. The van der Waals surface area contributed by atoms with Crippen molar-refractivity contribution in [2.75, 3.05) is 13.1 Å². The molecule has 0 saturated heterocycles. The highest BCUT2D eigenvalue weighted by Gasteiger charge is 2.35. The number of nitrogens with zero attached hydrogens (tertiary/aromatic N) is 4. The highest BCUT2D eigenvalue weighted by molar-refractivity contribution is 5.94. The zero-order chi connectivity index (χ0) is 22.9. The molecular weight excluding hydrogens is 422 g/mol. The number of halogens is 2. The van der Waals surface area contributed by atoms with Crippen LogP contribution in [0.15, 0.2) is 48.5 Å². The minimum absolute atomic E-state index is 0.118. The van der Waals surface area contributed by atoms with Crippen LogP contribution in [-0.4, -0.2) is 44.6 Å². The fourth-order valence-electron chi connectivity index (χ4n) is 4.67. The van der Waals surface area contributed by atoms with Crippen LogP contribution in [0.1, 0.15) is 53.5 Å². The van der Waals surface area contributed by atoms with Gasteiger partial charge in [0.25, 0.3) is 5.91 Å². The van der Waals surface area contributed by atoms with E-state index in [1.807, 2.05) is 11.0 Å². The SMILES string of the molecule is CCCN1CCc2c(c(CN(C(=O)c3ccc(F)cc3)C3CC3)nn2-c2ccccc2F)C1. The molecule has 1 saturated carbocycles. The van der Waals surface area contributed by atoms with Crippen LogP contribution in [-0.2, 0) is 19.5 Å². The summed E-state index contributed by atoms with van der Waals surface area (Å²) in [6.45, 7) is 5.17. The average molecular weight is 451 g/mol. The van der Waals surface area contributed by atoms with Crippen molar-refractivity contribution in [1.82, 2.24) is 19.6 Å². The summed E-state index contributed by atoms with van der Waals surface area (Å²) in [5.74, 6) is -0.794. The molecule has 2 heterocycles. The highest BCUT2D eigenvalue weighted by Crippen LogP contribution is 2.33. The third-order valence-electron chi connectivity index (χ3n) is 6.50. The summed E-state index contributed by atoms with van der Waals surface area (Å²) in [7, 11) is 0. The molecule has 2 aromatic carbocycles. The van der Waals surface area contributed by atoms with Crippen molar-refractivity contribution in [2.45, 2.75) is 51.7 Å². The first-order valence-electron chi connectivity index (χ1n) is 11.7. The van der Waals surface area contributed by atoms with Crippen LogP contribution in [0.5, 0.6) is 0 Å². The van der Waals surface area contributed by atoms with Crippen LogP contribution in [0, 0.1) is 11.6 Å². The largest absolute Gasteiger partial charge is 0.330 e. The molecule has 0 unspecified atom stereocenters. The standard InChI is InChI=1S/C26H28F2N4O/c1-2-14-30-15-13-24-21(16-30)23(29-32(24)25-6-4-3-5-22(25)28)17-31(20-11-12-20)26(33)18-7-9-19(27)10-8-18/h3-10,20H,2,11-17H2,1H3. The number of carbonyl (C=O) groups excluding carboxylic acids is 1. The Morgan fingerprint density at radius 1 is 1.12 bits per heavy atom. The highest BCUT2D eigenvalue weighted by atomic mass is 19.1. The van der Waals surface area contributed by atoms with E-state index in [1.165, 1.54) is 30.3 Å². The smallest absolute Gasteiger partial charge is 0.254 e. The van der Waals surface area contributed by atoms with Gasteiger partial charge in [0.05, 0.1) is 17.9 Å². The Morgan fingerprint density at radius 3 is 2.58 bits per heavy atom. The number of amides is 1. The number of hydrogen-bond donors (Lipinski definition) is 0. The van der Waals surface area contributed by atoms with Gasteiger partial charge in [-0.2, -0.15) is 5.10 Å². The van der Waals surface area contributed by atoms with Crippen molar-refractivity contribution in [2.24, 2.45) is 0 Å². The maximum atomic E-state index is 14.7. The Hall–Kier alpha value is -3.06. The molecule has 2 aliphatic rings. The van der Waals surface area contributed by atoms with E-state index in [2.05, 4.69) is 11.8 Å². The predicted molar refractivity (Wildman–Crippen MR) is 122 cm³/mol. The van der Waals surface area contributed by atoms with Crippen molar-refractivity contribution >= 4 is 5.91 Å². The molecule has 1 amide bonds. The van der Waals surface area contributed by atoms with Crippen molar-refractivity contribution in [3.05, 3.63) is 82.7 Å². The fourth-order valence-corrected chi connectivity index (χ4v) is 4.67. The van der Waals surface area contributed by atoms with E-state index in [-0.39, 0.29) is 23.6 Å². The molecule has 1 aliphatic heterocycles. The van der Waals surface area contributed by atoms with Crippen molar-refractivity contribution in [1.29, 1.82) is 0 Å². The lowest BCUT2D eigenvalue weighted by atomic mass is 10.0. The van der Waals surface area contributed by atoms with Crippen molar-refractivity contribution in [3.63, 3.8) is 0 Å². The Morgan fingerprint density at radius 2 is 1.88 bits per heavy atom. The molecule has 0 N–H and O–H groups in total. The van der Waals surface area contributed by atoms with E-state index in [1.54, 1.807) is 16.8 Å². The molecule has 0 radical (unpaired) electrons. The van der Waals surface area contributed by atoms with Gasteiger partial charge in [-0.05, 0) is 62.2 Å². The molecule has 0 atom stereocenters. The van der Waals surface area contributed by atoms with Gasteiger partial charge in [0.2, 0.25) is 0 Å². The monoisotopic (exact) mass is 450 g/mol. The fraction of sp³-hybridized carbons (Fsp3) is 0.385. The van der Waals surface area contributed by atoms with Gasteiger partial charge in [-0.1, -0.05) is 19.1 Å². The predicted octanol–water partition coefficient (Wildman–Crippen LogP) is 4.72. The molecule has 1 aliphatic carbocycles. The first-order chi connectivity index (χ1) is 16.0. The van der Waals surface area contributed by atoms with Crippen LogP contribution in [0.4, 0.5) is 8.78 Å². The second kappa shape index (κ2) is 9.06. The van der Waals surface area contributed by atoms with Gasteiger partial charge in [-0.3, -0.25) is 9.69 Å². The molecule has 0 spiro atoms. The Bertz CT molecular complexity index is 1150. The summed E-state index contributed by atoms with van der Waals surface area (Å²) in [5.41, 5.74) is 3.84. The molecule has 0 bridgehead atoms. The molecule has 172 valence electrons. The van der Waals surface area contributed by atoms with Crippen LogP contribution >= 0.6 is 0 Å². The summed E-state index contributed by atoms with van der Waals surface area (Å²) in [6, 6.07) is 12.5. The van der Waals surface area contributed by atoms with E-state index in [0.717, 1.165) is 62.3 Å². The van der Waals surface area contributed by atoms with E-state index in [0.29, 0.717) is 17.8 Å². The number of para-hydroxylation sites is 1. The van der Waals surface area contributed by atoms with Crippen molar-refractivity contribution in [3.8, 4) is 5.69 Å². The quantitative estimate of drug-likeness (QED) is 0.523. The summed E-state index contributed by atoms with van der Waals surface area (Å²) in [4.78, 5) is 17.5. The number of fused-ring (bicyclic) bond motifs is 1. The van der Waals surface area contributed by atoms with Gasteiger partial charge in [-0.25, -0.2) is 13.5 Å². The van der Waals surface area contributed by atoms with E-state index < -0.39 is 0 Å². The Labute approximate surface area is 192 Å². The van der Waals surface area contributed by atoms with Gasteiger partial charge in [0.1, 0.15) is 17.3 Å². The number of rotatable bonds is 7. The van der Waals surface area contributed by atoms with Gasteiger partial charge in [0.15, 0.2) is 0 Å². The van der Waals surface area contributed by atoms with Gasteiger partial charge >= 0.3 is 0 Å². The van der Waals surface area contributed by atoms with Crippen LogP contribution in [0.25, 0.3) is 5.69 Å². The number of aromatic nitrogens is 2. The topological polar surface area (TPSA) is 41.4 Å². The summed E-state index contributed by atoms with van der Waals surface area (Å²) < 4.78 is 29.8. The first kappa shape index (κ1) is 21.8. The molecule has 5 rings (SSSR count). The lowest BCUT2D eigenvalue weighted by Crippen LogP contribution is -2.34. The van der Waals surface area contributed by atoms with Crippen LogP contribution in [0.3, 0.4) is 0 Å². The molecule has 5 nitrogen and oxygen atoms in total. The molecule has 3 aromatic rings. The van der Waals surface area contributed by atoms with Crippen molar-refractivity contribution < 1.29 is 13.6 Å². The van der Waals surface area contributed by atoms with E-state index >= 15 is 0 Å². The van der Waals surface area contributed by atoms with E-state index in [9.17, 15) is 13.6 Å². The summed E-state index contributed by atoms with van der Waals surface area (Å²) >= 11 is 0. The molecule has 7 heteroatoms. The van der Waals surface area contributed by atoms with Gasteiger partial charge in [-0.15, -0.1) is 0 Å². The normalized spacial score (nSPS) is 16.0. The second-order valence-electron chi connectivity index (χ2n) is 8.93. The zero-order valence-corrected chi connectivity index (χ0v) is 18.8. The molecule has 1 aromatic heterocycles. The molecular formula is C26H28F2N4O. The van der Waals surface area contributed by atoms with Crippen LogP contribution in [0.2, 0.25) is 0 Å². The lowest BCUT2D eigenvalue weighted by Gasteiger charge is -2.28. The zero-order valence-electron chi connectivity index (χ0n) is 18.8. The maximum absolute atomic E-state index is 14.7. The minimum Gasteiger partial charge on any atom is -0.330 e. The number of benzene rings is 2. The lowest BCUT2D eigenvalue weighted by molar-refractivity contribution is 0.0726. The molecule has 33 heavy (non-hydrogen) atoms. The molecule has 1 fully saturated rings. The van der Waals surface area contributed by atoms with Gasteiger partial charge < -0.3 is 4.90 Å². The third kappa shape index (κ3) is 4.42. The third-order valence-corrected chi connectivity index (χ3v) is 6.50. The Kier molecular flexibility index (Phi) is 5.98. The average Bonchev–Trinajstić information content (AvgIpc) is 3.60. The maximum Gasteiger partial charge on any atom is 0.254 e. The Balaban J connectivity index is 1.52. The van der Waals surface area contributed by atoms with Gasteiger partial charge in [0, 0.05) is 36.7 Å². The van der Waals surface area contributed by atoms with E-state index in [4.69, 9.17) is 5.10 Å². The second-order valence-corrected chi connectivity index (χ2v) is 8.93. The van der Waals surface area contributed by atoms with Crippen LogP contribution < -0.4 is 0 Å². The summed E-state index contributed by atoms with van der Waals surface area (Å²) in [5, 5.41) is 4.85. The first-order valence-corrected chi connectivity index (χ1v) is 11.7. The number of hydrogen-bond acceptors (Lipinski definition) is 3. The minimum atomic E-state index is -0.363.